The lowest BCUT2D eigenvalue weighted by Crippen LogP contribution is -2.12. The van der Waals surface area contributed by atoms with Crippen molar-refractivity contribution in [3.8, 4) is 0 Å². The van der Waals surface area contributed by atoms with E-state index in [9.17, 15) is 0 Å². The largest absolute Gasteiger partial charge is 0.394 e. The summed E-state index contributed by atoms with van der Waals surface area (Å²) in [4.78, 5) is 1.98. The summed E-state index contributed by atoms with van der Waals surface area (Å²) < 4.78 is 0. The number of hydrogen-bond acceptors (Lipinski definition) is 2. The lowest BCUT2D eigenvalue weighted by atomic mass is 10.5. The average molecular weight is 96.1 g/mol. The first-order valence-corrected chi connectivity index (χ1v) is 2.20. The Balaban J connectivity index is 2.62. The molecular formula is C5H8N2. The summed E-state index contributed by atoms with van der Waals surface area (Å²) in [6, 6.07) is 0. The summed E-state index contributed by atoms with van der Waals surface area (Å²) in [6.45, 7) is 0.833. The van der Waals surface area contributed by atoms with Gasteiger partial charge in [-0.05, 0) is 0 Å². The summed E-state index contributed by atoms with van der Waals surface area (Å²) in [5, 5.41) is 0. The summed E-state index contributed by atoms with van der Waals surface area (Å²) in [7, 11) is 1.97. The quantitative estimate of drug-likeness (QED) is 0.426. The van der Waals surface area contributed by atoms with Crippen LogP contribution in [0.25, 0.3) is 0 Å². The van der Waals surface area contributed by atoms with Gasteiger partial charge in [0, 0.05) is 13.2 Å². The van der Waals surface area contributed by atoms with Gasteiger partial charge in [-0.2, -0.15) is 0 Å². The molecule has 0 aromatic rings. The van der Waals surface area contributed by atoms with Crippen LogP contribution in [0.15, 0.2) is 17.6 Å². The topological polar surface area (TPSA) is 29.3 Å². The molecule has 1 heterocycles. The maximum absolute atomic E-state index is 5.36. The minimum absolute atomic E-state index is 0.822. The van der Waals surface area contributed by atoms with Gasteiger partial charge in [0.05, 0.1) is 12.2 Å². The minimum atomic E-state index is 0.822. The van der Waals surface area contributed by atoms with E-state index in [0.29, 0.717) is 0 Å². The van der Waals surface area contributed by atoms with Gasteiger partial charge in [0.25, 0.3) is 0 Å². The number of rotatable bonds is 0. The standard InChI is InChI=1S/C5H8N2/c1-7-3-2-5(6)4-7/h3H,4,6H2,1H3. The van der Waals surface area contributed by atoms with E-state index < -0.39 is 0 Å². The number of likely N-dealkylation sites (N-methyl/N-ethyl adjacent to an activating group) is 1. The van der Waals surface area contributed by atoms with Crippen LogP contribution in [0, 0.1) is 0 Å². The van der Waals surface area contributed by atoms with E-state index in [1.807, 2.05) is 18.1 Å². The van der Waals surface area contributed by atoms with E-state index in [0.717, 1.165) is 12.2 Å². The zero-order chi connectivity index (χ0) is 5.28. The molecule has 2 N–H and O–H groups in total. The molecule has 2 heteroatoms. The van der Waals surface area contributed by atoms with E-state index in [1.54, 1.807) is 0 Å². The van der Waals surface area contributed by atoms with Crippen molar-refractivity contribution in [3.63, 3.8) is 0 Å². The zero-order valence-electron chi connectivity index (χ0n) is 4.31. The van der Waals surface area contributed by atoms with Gasteiger partial charge >= 0.3 is 0 Å². The molecule has 0 aliphatic carbocycles. The fourth-order valence-corrected chi connectivity index (χ4v) is 0.553. The first kappa shape index (κ1) is 4.28. The predicted molar refractivity (Wildman–Crippen MR) is 28.4 cm³/mol. The van der Waals surface area contributed by atoms with Crippen LogP contribution in [-0.4, -0.2) is 18.5 Å². The van der Waals surface area contributed by atoms with E-state index in [1.165, 1.54) is 0 Å². The van der Waals surface area contributed by atoms with E-state index in [-0.39, 0.29) is 0 Å². The van der Waals surface area contributed by atoms with Gasteiger partial charge in [-0.3, -0.25) is 0 Å². The van der Waals surface area contributed by atoms with Crippen molar-refractivity contribution < 1.29 is 0 Å². The summed E-state index contributed by atoms with van der Waals surface area (Å²) in [5.41, 5.74) is 9.04. The van der Waals surface area contributed by atoms with Crippen LogP contribution in [0.4, 0.5) is 0 Å². The van der Waals surface area contributed by atoms with Gasteiger partial charge in [-0.15, -0.1) is 0 Å². The Morgan fingerprint density at radius 3 is 2.86 bits per heavy atom. The van der Waals surface area contributed by atoms with Crippen molar-refractivity contribution in [2.24, 2.45) is 5.73 Å². The van der Waals surface area contributed by atoms with Gasteiger partial charge < -0.3 is 10.6 Å². The van der Waals surface area contributed by atoms with Gasteiger partial charge in [-0.25, -0.2) is 0 Å². The molecule has 0 atom stereocenters. The highest BCUT2D eigenvalue weighted by Gasteiger charge is 1.96. The molecule has 0 unspecified atom stereocenters. The zero-order valence-corrected chi connectivity index (χ0v) is 4.31. The molecule has 1 aliphatic heterocycles. The number of nitrogens with two attached hydrogens (primary N) is 1. The summed E-state index contributed by atoms with van der Waals surface area (Å²) >= 11 is 0. The van der Waals surface area contributed by atoms with Crippen LogP contribution < -0.4 is 5.73 Å². The van der Waals surface area contributed by atoms with E-state index in [2.05, 4.69) is 5.73 Å². The molecule has 0 saturated heterocycles. The first-order chi connectivity index (χ1) is 3.29. The third-order valence-electron chi connectivity index (χ3n) is 0.890. The SMILES string of the molecule is CN1C=C=C(N)C1. The molecule has 0 radical (unpaired) electrons. The third kappa shape index (κ3) is 0.756. The molecule has 0 spiro atoms. The van der Waals surface area contributed by atoms with E-state index in [4.69, 9.17) is 5.73 Å². The molecule has 0 saturated carbocycles. The van der Waals surface area contributed by atoms with Crippen LogP contribution in [0.3, 0.4) is 0 Å². The van der Waals surface area contributed by atoms with Gasteiger partial charge in [-0.1, -0.05) is 5.73 Å². The first-order valence-electron chi connectivity index (χ1n) is 2.20. The Bertz CT molecular complexity index is 131. The maximum Gasteiger partial charge on any atom is 0.0724 e. The Labute approximate surface area is 42.9 Å². The molecule has 7 heavy (non-hydrogen) atoms. The summed E-state index contributed by atoms with van der Waals surface area (Å²) in [5.74, 6) is 0. The highest BCUT2D eigenvalue weighted by Crippen LogP contribution is 1.94. The van der Waals surface area contributed by atoms with Crippen LogP contribution in [0.5, 0.6) is 0 Å². The Morgan fingerprint density at radius 1 is 2.00 bits per heavy atom. The average Bonchev–Trinajstić information content (AvgIpc) is 1.87. The second-order valence-corrected chi connectivity index (χ2v) is 1.71. The molecule has 0 aromatic carbocycles. The van der Waals surface area contributed by atoms with Crippen LogP contribution >= 0.6 is 0 Å². The van der Waals surface area contributed by atoms with E-state index >= 15 is 0 Å². The molecule has 38 valence electrons. The van der Waals surface area contributed by atoms with Gasteiger partial charge in [0.2, 0.25) is 0 Å². The van der Waals surface area contributed by atoms with Crippen LogP contribution in [-0.2, 0) is 0 Å². The smallest absolute Gasteiger partial charge is 0.0724 e. The Kier molecular flexibility index (Phi) is 0.807. The second-order valence-electron chi connectivity index (χ2n) is 1.71. The molecule has 0 fully saturated rings. The number of hydrogen-bond donors (Lipinski definition) is 1. The Morgan fingerprint density at radius 2 is 2.71 bits per heavy atom. The highest BCUT2D eigenvalue weighted by atomic mass is 15.1. The van der Waals surface area contributed by atoms with Crippen molar-refractivity contribution in [2.45, 2.75) is 0 Å². The van der Waals surface area contributed by atoms with Crippen molar-refractivity contribution in [3.05, 3.63) is 17.6 Å². The normalized spacial score (nSPS) is 17.9. The van der Waals surface area contributed by atoms with Crippen LogP contribution in [0.2, 0.25) is 0 Å². The highest BCUT2D eigenvalue weighted by molar-refractivity contribution is 5.05. The second kappa shape index (κ2) is 1.32. The van der Waals surface area contributed by atoms with Crippen molar-refractivity contribution >= 4 is 0 Å². The monoisotopic (exact) mass is 96.1 g/mol. The molecule has 0 bridgehead atoms. The van der Waals surface area contributed by atoms with Crippen molar-refractivity contribution in [2.75, 3.05) is 13.6 Å². The Hall–Kier alpha value is -0.880. The molecule has 1 aliphatic rings. The lowest BCUT2D eigenvalue weighted by Gasteiger charge is -2.03. The fourth-order valence-electron chi connectivity index (χ4n) is 0.553. The van der Waals surface area contributed by atoms with Gasteiger partial charge in [0.15, 0.2) is 0 Å². The lowest BCUT2D eigenvalue weighted by molar-refractivity contribution is 0.512. The summed E-state index contributed by atoms with van der Waals surface area (Å²) in [6.07, 6.45) is 1.84. The third-order valence-corrected chi connectivity index (χ3v) is 0.890. The number of nitrogens with zero attached hydrogens (tertiary/aromatic N) is 1. The van der Waals surface area contributed by atoms with Crippen molar-refractivity contribution in [1.29, 1.82) is 0 Å². The maximum atomic E-state index is 5.36. The van der Waals surface area contributed by atoms with Crippen molar-refractivity contribution in [1.82, 2.24) is 4.90 Å². The molecule has 0 aromatic heterocycles. The van der Waals surface area contributed by atoms with Gasteiger partial charge in [0.1, 0.15) is 0 Å². The minimum Gasteiger partial charge on any atom is -0.394 e. The molecular weight excluding hydrogens is 88.1 g/mol. The molecule has 0 amide bonds. The van der Waals surface area contributed by atoms with Crippen LogP contribution in [0.1, 0.15) is 0 Å². The molecule has 2 nitrogen and oxygen atoms in total. The molecule has 1 rings (SSSR count). The fraction of sp³-hybridized carbons (Fsp3) is 0.400. The predicted octanol–water partition coefficient (Wildman–Crippen LogP) is -0.113.